The van der Waals surface area contributed by atoms with Crippen molar-refractivity contribution in [1.82, 2.24) is 9.38 Å². The number of fused-ring (bicyclic) bond motifs is 1. The molecule has 0 bridgehead atoms. The van der Waals surface area contributed by atoms with Crippen molar-refractivity contribution < 1.29 is 28.2 Å². The molecule has 0 atom stereocenters. The third kappa shape index (κ3) is 4.12. The van der Waals surface area contributed by atoms with E-state index in [9.17, 15) is 18.7 Å². The van der Waals surface area contributed by atoms with Crippen molar-refractivity contribution in [2.24, 2.45) is 0 Å². The molecule has 156 valence electrons. The minimum absolute atomic E-state index is 0.0140. The lowest BCUT2D eigenvalue weighted by Gasteiger charge is -2.18. The van der Waals surface area contributed by atoms with Crippen molar-refractivity contribution in [3.63, 3.8) is 0 Å². The second-order valence-electron chi connectivity index (χ2n) is 6.99. The van der Waals surface area contributed by atoms with Gasteiger partial charge < -0.3 is 14.6 Å². The van der Waals surface area contributed by atoms with Crippen LogP contribution in [-0.4, -0.2) is 33.2 Å². The summed E-state index contributed by atoms with van der Waals surface area (Å²) in [6.07, 6.45) is 8.45. The van der Waals surface area contributed by atoms with Crippen molar-refractivity contribution in [3.05, 3.63) is 59.5 Å². The fourth-order valence-electron chi connectivity index (χ4n) is 3.66. The smallest absolute Gasteiger partial charge is 0.387 e. The van der Waals surface area contributed by atoms with Crippen LogP contribution >= 0.6 is 0 Å². The first-order valence-electron chi connectivity index (χ1n) is 9.66. The number of pyridine rings is 1. The first kappa shape index (κ1) is 19.9. The molecule has 1 aliphatic rings. The molecule has 30 heavy (non-hydrogen) atoms. The van der Waals surface area contributed by atoms with Gasteiger partial charge in [-0.2, -0.15) is 8.78 Å². The number of carboxylic acids is 1. The van der Waals surface area contributed by atoms with Crippen molar-refractivity contribution in [3.8, 4) is 11.5 Å². The highest BCUT2D eigenvalue weighted by Gasteiger charge is 2.22. The predicted octanol–water partition coefficient (Wildman–Crippen LogP) is 5.13. The molecule has 2 heterocycles. The SMILES string of the molecule is O=C(O)c1c(C=Cc2cccc(OC(F)F)c2OC2CCCC2)nc2ccccn12. The van der Waals surface area contributed by atoms with E-state index >= 15 is 0 Å². The van der Waals surface area contributed by atoms with Gasteiger partial charge in [0, 0.05) is 11.8 Å². The van der Waals surface area contributed by atoms with Gasteiger partial charge >= 0.3 is 12.6 Å². The van der Waals surface area contributed by atoms with Gasteiger partial charge in [-0.05, 0) is 56.0 Å². The third-order valence-electron chi connectivity index (χ3n) is 4.99. The van der Waals surface area contributed by atoms with Gasteiger partial charge in [0.2, 0.25) is 0 Å². The molecule has 2 aromatic heterocycles. The van der Waals surface area contributed by atoms with E-state index in [1.54, 1.807) is 48.7 Å². The summed E-state index contributed by atoms with van der Waals surface area (Å²) in [6, 6.07) is 9.90. The number of alkyl halides is 2. The van der Waals surface area contributed by atoms with Crippen LogP contribution in [0, 0.1) is 0 Å². The third-order valence-corrected chi connectivity index (χ3v) is 4.99. The molecule has 8 heteroatoms. The Morgan fingerprint density at radius 2 is 1.97 bits per heavy atom. The summed E-state index contributed by atoms with van der Waals surface area (Å²) >= 11 is 0. The molecule has 4 rings (SSSR count). The quantitative estimate of drug-likeness (QED) is 0.581. The van der Waals surface area contributed by atoms with E-state index in [0.717, 1.165) is 25.7 Å². The maximum absolute atomic E-state index is 12.9. The van der Waals surface area contributed by atoms with Crippen LogP contribution in [0.1, 0.15) is 47.4 Å². The zero-order chi connectivity index (χ0) is 21.1. The highest BCUT2D eigenvalue weighted by Crippen LogP contribution is 2.37. The van der Waals surface area contributed by atoms with Gasteiger partial charge in [-0.3, -0.25) is 4.40 Å². The molecule has 0 radical (unpaired) electrons. The van der Waals surface area contributed by atoms with E-state index < -0.39 is 12.6 Å². The van der Waals surface area contributed by atoms with Gasteiger partial charge in [0.1, 0.15) is 5.65 Å². The van der Waals surface area contributed by atoms with Crippen LogP contribution in [0.4, 0.5) is 8.78 Å². The monoisotopic (exact) mass is 414 g/mol. The highest BCUT2D eigenvalue weighted by atomic mass is 19.3. The zero-order valence-electron chi connectivity index (χ0n) is 16.0. The van der Waals surface area contributed by atoms with E-state index in [0.29, 0.717) is 11.2 Å². The predicted molar refractivity (Wildman–Crippen MR) is 107 cm³/mol. The zero-order valence-corrected chi connectivity index (χ0v) is 16.0. The van der Waals surface area contributed by atoms with Gasteiger partial charge in [0.15, 0.2) is 17.2 Å². The van der Waals surface area contributed by atoms with E-state index in [1.165, 1.54) is 10.5 Å². The van der Waals surface area contributed by atoms with Crippen LogP contribution in [0.3, 0.4) is 0 Å². The summed E-state index contributed by atoms with van der Waals surface area (Å²) in [5.74, 6) is -0.945. The van der Waals surface area contributed by atoms with E-state index in [-0.39, 0.29) is 29.0 Å². The van der Waals surface area contributed by atoms with E-state index in [2.05, 4.69) is 9.72 Å². The molecule has 0 saturated heterocycles. The molecular weight excluding hydrogens is 394 g/mol. The Hall–Kier alpha value is -3.42. The lowest BCUT2D eigenvalue weighted by atomic mass is 10.1. The summed E-state index contributed by atoms with van der Waals surface area (Å²) in [7, 11) is 0. The molecule has 1 aliphatic carbocycles. The first-order valence-corrected chi connectivity index (χ1v) is 9.66. The molecule has 1 N–H and O–H groups in total. The summed E-state index contributed by atoms with van der Waals surface area (Å²) in [6.45, 7) is -2.98. The lowest BCUT2D eigenvalue weighted by Crippen LogP contribution is -2.13. The van der Waals surface area contributed by atoms with Gasteiger partial charge in [0.25, 0.3) is 0 Å². The minimum Gasteiger partial charge on any atom is -0.486 e. The number of aromatic carboxylic acids is 1. The Morgan fingerprint density at radius 1 is 1.17 bits per heavy atom. The number of carboxylic acid groups (broad SMARTS) is 1. The topological polar surface area (TPSA) is 73.1 Å². The minimum atomic E-state index is -2.98. The van der Waals surface area contributed by atoms with Crippen LogP contribution in [0.15, 0.2) is 42.6 Å². The summed E-state index contributed by atoms with van der Waals surface area (Å²) in [4.78, 5) is 16.1. The average Bonchev–Trinajstić information content (AvgIpc) is 3.34. The van der Waals surface area contributed by atoms with Gasteiger partial charge in [-0.25, -0.2) is 9.78 Å². The number of nitrogens with zero attached hydrogens (tertiary/aromatic N) is 2. The Morgan fingerprint density at radius 3 is 2.70 bits per heavy atom. The second-order valence-corrected chi connectivity index (χ2v) is 6.99. The largest absolute Gasteiger partial charge is 0.486 e. The fraction of sp³-hybridized carbons (Fsp3) is 0.273. The Bertz CT molecular complexity index is 1090. The number of rotatable bonds is 7. The van der Waals surface area contributed by atoms with Crippen molar-refractivity contribution in [2.75, 3.05) is 0 Å². The molecule has 0 unspecified atom stereocenters. The molecule has 1 fully saturated rings. The second kappa shape index (κ2) is 8.52. The van der Waals surface area contributed by atoms with Crippen LogP contribution in [0.2, 0.25) is 0 Å². The molecule has 1 aromatic carbocycles. The van der Waals surface area contributed by atoms with Crippen molar-refractivity contribution in [2.45, 2.75) is 38.4 Å². The summed E-state index contributed by atoms with van der Waals surface area (Å²) < 4.78 is 37.9. The average molecular weight is 414 g/mol. The van der Waals surface area contributed by atoms with Crippen LogP contribution in [0.5, 0.6) is 11.5 Å². The lowest BCUT2D eigenvalue weighted by molar-refractivity contribution is -0.0520. The molecule has 0 spiro atoms. The Balaban J connectivity index is 1.73. The van der Waals surface area contributed by atoms with Gasteiger partial charge in [-0.15, -0.1) is 0 Å². The standard InChI is InChI=1S/C22H20F2N2O4/c23-22(24)30-17-9-5-6-14(20(17)29-15-7-1-2-8-15)11-12-16-19(21(27)28)26-13-4-3-10-18(26)25-16/h3-6,9-13,15,22H,1-2,7-8H2,(H,27,28). The van der Waals surface area contributed by atoms with E-state index in [1.807, 2.05) is 0 Å². The van der Waals surface area contributed by atoms with Crippen LogP contribution in [-0.2, 0) is 0 Å². The molecular formula is C22H20F2N2O4. The first-order chi connectivity index (χ1) is 14.5. The molecule has 1 saturated carbocycles. The highest BCUT2D eigenvalue weighted by molar-refractivity contribution is 5.92. The molecule has 0 aliphatic heterocycles. The normalized spacial score (nSPS) is 14.8. The van der Waals surface area contributed by atoms with Crippen LogP contribution < -0.4 is 9.47 Å². The molecule has 3 aromatic rings. The summed E-state index contributed by atoms with van der Waals surface area (Å²) in [5.41, 5.74) is 1.26. The Kier molecular flexibility index (Phi) is 5.65. The van der Waals surface area contributed by atoms with Gasteiger partial charge in [-0.1, -0.05) is 18.2 Å². The fourth-order valence-corrected chi connectivity index (χ4v) is 3.66. The number of halogens is 2. The van der Waals surface area contributed by atoms with Crippen molar-refractivity contribution >= 4 is 23.8 Å². The number of ether oxygens (including phenoxy) is 2. The van der Waals surface area contributed by atoms with Crippen LogP contribution in [0.25, 0.3) is 17.8 Å². The molecule has 0 amide bonds. The maximum Gasteiger partial charge on any atom is 0.387 e. The van der Waals surface area contributed by atoms with Crippen molar-refractivity contribution in [1.29, 1.82) is 0 Å². The number of carbonyl (C=O) groups is 1. The Labute approximate surface area is 171 Å². The number of hydrogen-bond donors (Lipinski definition) is 1. The number of aromatic nitrogens is 2. The number of para-hydroxylation sites is 1. The van der Waals surface area contributed by atoms with E-state index in [4.69, 9.17) is 4.74 Å². The molecule has 6 nitrogen and oxygen atoms in total. The number of benzene rings is 1. The number of imidazole rings is 1. The maximum atomic E-state index is 12.9. The summed E-state index contributed by atoms with van der Waals surface area (Å²) in [5, 5.41) is 9.61. The van der Waals surface area contributed by atoms with Gasteiger partial charge in [0.05, 0.1) is 11.8 Å². The number of hydrogen-bond acceptors (Lipinski definition) is 4.